The highest BCUT2D eigenvalue weighted by molar-refractivity contribution is 5.69. The predicted molar refractivity (Wildman–Crippen MR) is 87.0 cm³/mol. The second kappa shape index (κ2) is 8.79. The Bertz CT molecular complexity index is 452. The summed E-state index contributed by atoms with van der Waals surface area (Å²) >= 11 is 0. The van der Waals surface area contributed by atoms with Gasteiger partial charge in [-0.1, -0.05) is 19.1 Å². The number of nitrogens with zero attached hydrogens (tertiary/aromatic N) is 1. The van der Waals surface area contributed by atoms with E-state index in [-0.39, 0.29) is 12.1 Å². The maximum atomic E-state index is 11.7. The van der Waals surface area contributed by atoms with Crippen molar-refractivity contribution in [2.24, 2.45) is 0 Å². The second-order valence-electron chi connectivity index (χ2n) is 5.67. The van der Waals surface area contributed by atoms with Crippen molar-refractivity contribution in [2.45, 2.75) is 45.6 Å². The van der Waals surface area contributed by atoms with E-state index in [1.165, 1.54) is 12.8 Å². The molecule has 1 aliphatic heterocycles. The first kappa shape index (κ1) is 16.8. The van der Waals surface area contributed by atoms with E-state index in [0.717, 1.165) is 37.4 Å². The van der Waals surface area contributed by atoms with Crippen LogP contribution in [-0.4, -0.2) is 37.1 Å². The Labute approximate surface area is 133 Å². The average molecular weight is 305 g/mol. The van der Waals surface area contributed by atoms with Crippen molar-refractivity contribution >= 4 is 5.97 Å². The van der Waals surface area contributed by atoms with Gasteiger partial charge in [-0.2, -0.15) is 0 Å². The summed E-state index contributed by atoms with van der Waals surface area (Å²) in [6.45, 7) is 7.76. The Kier molecular flexibility index (Phi) is 6.72. The topological polar surface area (TPSA) is 38.8 Å². The molecule has 0 spiro atoms. The molecule has 0 N–H and O–H groups in total. The van der Waals surface area contributed by atoms with Crippen LogP contribution in [-0.2, 0) is 9.53 Å². The average Bonchev–Trinajstić information content (AvgIpc) is 3.05. The van der Waals surface area contributed by atoms with Crippen LogP contribution < -0.4 is 4.74 Å². The van der Waals surface area contributed by atoms with Crippen molar-refractivity contribution in [3.63, 3.8) is 0 Å². The lowest BCUT2D eigenvalue weighted by atomic mass is 10.1. The van der Waals surface area contributed by atoms with Crippen LogP contribution in [0.3, 0.4) is 0 Å². The quantitative estimate of drug-likeness (QED) is 0.688. The number of likely N-dealkylation sites (tertiary alicyclic amines) is 1. The van der Waals surface area contributed by atoms with Gasteiger partial charge in [0.15, 0.2) is 0 Å². The van der Waals surface area contributed by atoms with Crippen LogP contribution in [0.15, 0.2) is 24.3 Å². The number of benzene rings is 1. The molecular weight excluding hydrogens is 278 g/mol. The molecule has 1 saturated heterocycles. The molecule has 0 unspecified atom stereocenters. The fraction of sp³-hybridized carbons (Fsp3) is 0.611. The molecule has 0 amide bonds. The number of carbonyl (C=O) groups excluding carboxylic acids is 1. The fourth-order valence-corrected chi connectivity index (χ4v) is 2.79. The van der Waals surface area contributed by atoms with Crippen LogP contribution in [0.5, 0.6) is 5.75 Å². The molecule has 1 heterocycles. The third-order valence-corrected chi connectivity index (χ3v) is 4.03. The summed E-state index contributed by atoms with van der Waals surface area (Å²) in [6, 6.07) is 7.90. The van der Waals surface area contributed by atoms with E-state index in [4.69, 9.17) is 9.47 Å². The van der Waals surface area contributed by atoms with Gasteiger partial charge < -0.3 is 14.4 Å². The van der Waals surface area contributed by atoms with Gasteiger partial charge in [-0.3, -0.25) is 4.79 Å². The van der Waals surface area contributed by atoms with Crippen molar-refractivity contribution < 1.29 is 14.3 Å². The van der Waals surface area contributed by atoms with Gasteiger partial charge in [0, 0.05) is 19.4 Å². The number of hydrogen-bond acceptors (Lipinski definition) is 4. The van der Waals surface area contributed by atoms with Crippen molar-refractivity contribution in [3.8, 4) is 5.75 Å². The van der Waals surface area contributed by atoms with Gasteiger partial charge in [0.25, 0.3) is 0 Å². The molecule has 122 valence electrons. The van der Waals surface area contributed by atoms with Crippen molar-refractivity contribution in [1.82, 2.24) is 4.90 Å². The van der Waals surface area contributed by atoms with Crippen molar-refractivity contribution in [3.05, 3.63) is 29.8 Å². The minimum Gasteiger partial charge on any atom is -0.494 e. The standard InChI is InChI=1S/C18H27NO3/c1-3-18(20)22-17(11-14-19-12-5-6-13-19)15-7-9-16(10-8-15)21-4-2/h7-10,17H,3-6,11-14H2,1-2H3/t17-/m0/s1. The molecule has 0 bridgehead atoms. The van der Waals surface area contributed by atoms with E-state index in [2.05, 4.69) is 4.90 Å². The lowest BCUT2D eigenvalue weighted by Crippen LogP contribution is -2.23. The van der Waals surface area contributed by atoms with Crippen LogP contribution in [0.2, 0.25) is 0 Å². The summed E-state index contributed by atoms with van der Waals surface area (Å²) in [5.74, 6) is 0.715. The van der Waals surface area contributed by atoms with Gasteiger partial charge >= 0.3 is 5.97 Å². The highest BCUT2D eigenvalue weighted by Crippen LogP contribution is 2.25. The zero-order valence-electron chi connectivity index (χ0n) is 13.7. The molecule has 22 heavy (non-hydrogen) atoms. The highest BCUT2D eigenvalue weighted by atomic mass is 16.5. The lowest BCUT2D eigenvalue weighted by Gasteiger charge is -2.22. The molecule has 0 aromatic heterocycles. The molecule has 4 heteroatoms. The molecule has 0 saturated carbocycles. The van der Waals surface area contributed by atoms with E-state index in [0.29, 0.717) is 13.0 Å². The number of rotatable bonds is 8. The third kappa shape index (κ3) is 5.02. The van der Waals surface area contributed by atoms with Gasteiger partial charge in [0.05, 0.1) is 6.61 Å². The van der Waals surface area contributed by atoms with Crippen LogP contribution in [0.4, 0.5) is 0 Å². The molecule has 1 aliphatic rings. The Morgan fingerprint density at radius 2 is 1.86 bits per heavy atom. The number of hydrogen-bond donors (Lipinski definition) is 0. The molecule has 2 rings (SSSR count). The van der Waals surface area contributed by atoms with Crippen LogP contribution >= 0.6 is 0 Å². The molecule has 1 aromatic rings. The molecule has 1 atom stereocenters. The summed E-state index contributed by atoms with van der Waals surface area (Å²) in [5.41, 5.74) is 1.05. The predicted octanol–water partition coefficient (Wildman–Crippen LogP) is 3.57. The first-order valence-electron chi connectivity index (χ1n) is 8.37. The van der Waals surface area contributed by atoms with E-state index in [1.807, 2.05) is 38.1 Å². The molecule has 1 aromatic carbocycles. The van der Waals surface area contributed by atoms with Gasteiger partial charge in [0.1, 0.15) is 11.9 Å². The van der Waals surface area contributed by atoms with Gasteiger partial charge in [-0.05, 0) is 50.6 Å². The molecule has 0 radical (unpaired) electrons. The zero-order valence-corrected chi connectivity index (χ0v) is 13.7. The van der Waals surface area contributed by atoms with Gasteiger partial charge in [-0.15, -0.1) is 0 Å². The first-order valence-corrected chi connectivity index (χ1v) is 8.37. The summed E-state index contributed by atoms with van der Waals surface area (Å²) in [7, 11) is 0. The minimum atomic E-state index is -0.163. The monoisotopic (exact) mass is 305 g/mol. The molecular formula is C18H27NO3. The van der Waals surface area contributed by atoms with E-state index in [1.54, 1.807) is 0 Å². The Hall–Kier alpha value is -1.55. The summed E-state index contributed by atoms with van der Waals surface area (Å²) in [5, 5.41) is 0. The zero-order chi connectivity index (χ0) is 15.8. The number of ether oxygens (including phenoxy) is 2. The molecule has 4 nitrogen and oxygen atoms in total. The maximum absolute atomic E-state index is 11.7. The molecule has 0 aliphatic carbocycles. The van der Waals surface area contributed by atoms with E-state index >= 15 is 0 Å². The van der Waals surface area contributed by atoms with Crippen LogP contribution in [0.25, 0.3) is 0 Å². The SMILES string of the molecule is CCOc1ccc([C@H](CCN2CCCC2)OC(=O)CC)cc1. The third-order valence-electron chi connectivity index (χ3n) is 4.03. The Morgan fingerprint density at radius 3 is 2.45 bits per heavy atom. The lowest BCUT2D eigenvalue weighted by molar-refractivity contribution is -0.149. The van der Waals surface area contributed by atoms with Gasteiger partial charge in [0.2, 0.25) is 0 Å². The van der Waals surface area contributed by atoms with E-state index in [9.17, 15) is 4.79 Å². The Balaban J connectivity index is 1.99. The van der Waals surface area contributed by atoms with E-state index < -0.39 is 0 Å². The summed E-state index contributed by atoms with van der Waals surface area (Å²) < 4.78 is 11.1. The fourth-order valence-electron chi connectivity index (χ4n) is 2.79. The smallest absolute Gasteiger partial charge is 0.306 e. The highest BCUT2D eigenvalue weighted by Gasteiger charge is 2.19. The van der Waals surface area contributed by atoms with Crippen molar-refractivity contribution in [2.75, 3.05) is 26.2 Å². The van der Waals surface area contributed by atoms with Crippen LogP contribution in [0, 0.1) is 0 Å². The first-order chi connectivity index (χ1) is 10.7. The normalized spacial score (nSPS) is 16.5. The van der Waals surface area contributed by atoms with Crippen LogP contribution in [0.1, 0.15) is 51.2 Å². The largest absolute Gasteiger partial charge is 0.494 e. The molecule has 1 fully saturated rings. The summed E-state index contributed by atoms with van der Waals surface area (Å²) in [4.78, 5) is 14.1. The number of esters is 1. The van der Waals surface area contributed by atoms with Gasteiger partial charge in [-0.25, -0.2) is 0 Å². The summed E-state index contributed by atoms with van der Waals surface area (Å²) in [6.07, 6.45) is 3.66. The van der Waals surface area contributed by atoms with Crippen molar-refractivity contribution in [1.29, 1.82) is 0 Å². The Morgan fingerprint density at radius 1 is 1.18 bits per heavy atom. The minimum absolute atomic E-state index is 0.139. The number of carbonyl (C=O) groups is 1. The second-order valence-corrected chi connectivity index (χ2v) is 5.67. The maximum Gasteiger partial charge on any atom is 0.306 e.